The van der Waals surface area contributed by atoms with Crippen LogP contribution in [0.15, 0.2) is 47.0 Å². The highest BCUT2D eigenvalue weighted by atomic mass is 35.5. The second-order valence-electron chi connectivity index (χ2n) is 9.60. The normalized spacial score (nSPS) is 16.9. The largest absolute Gasteiger partial charge is 0.542 e. The first-order valence-electron chi connectivity index (χ1n) is 13.6. The molecule has 2 aromatic heterocycles. The van der Waals surface area contributed by atoms with E-state index < -0.39 is 53.5 Å². The zero-order valence-corrected chi connectivity index (χ0v) is 28.2. The number of pyridine rings is 1. The summed E-state index contributed by atoms with van der Waals surface area (Å²) in [7, 11) is 1.22. The SMILES string of the molecule is CO/N=C(\C(=O)N[C@@H]1C(=O)N2C(C(=O)O)=C(C[n+]3ccccc3)CS[C@H]12)c1nc(NC(=O)CCN)sc1Cl.O=C(O)C(F)(F)F.O=C([O-])C(F)(F)F. The molecule has 0 bridgehead atoms. The zero-order chi connectivity index (χ0) is 39.6. The molecule has 0 saturated carbocycles. The van der Waals surface area contributed by atoms with Gasteiger partial charge >= 0.3 is 24.3 Å². The van der Waals surface area contributed by atoms with Crippen LogP contribution in [0.2, 0.25) is 4.34 Å². The van der Waals surface area contributed by atoms with Crippen LogP contribution in [0.4, 0.5) is 31.5 Å². The van der Waals surface area contributed by atoms with Crippen LogP contribution in [-0.4, -0.2) is 105 Å². The maximum absolute atomic E-state index is 13.1. The van der Waals surface area contributed by atoms with Gasteiger partial charge < -0.3 is 41.3 Å². The highest BCUT2D eigenvalue weighted by Gasteiger charge is 2.55. The topological polar surface area (TPSA) is 258 Å². The van der Waals surface area contributed by atoms with Crippen LogP contribution in [0.5, 0.6) is 0 Å². The van der Waals surface area contributed by atoms with Gasteiger partial charge in [-0.1, -0.05) is 34.2 Å². The minimum atomic E-state index is -5.19. The average molecular weight is 808 g/mol. The number of anilines is 1. The Bertz CT molecular complexity index is 1720. The van der Waals surface area contributed by atoms with Crippen molar-refractivity contribution in [2.45, 2.75) is 36.7 Å². The van der Waals surface area contributed by atoms with E-state index >= 15 is 0 Å². The van der Waals surface area contributed by atoms with Gasteiger partial charge in [-0.2, -0.15) is 26.3 Å². The van der Waals surface area contributed by atoms with Gasteiger partial charge in [-0.3, -0.25) is 19.3 Å². The molecule has 52 heavy (non-hydrogen) atoms. The summed E-state index contributed by atoms with van der Waals surface area (Å²) in [6, 6.07) is 4.49. The number of amides is 3. The first kappa shape index (κ1) is 43.2. The number of rotatable bonds is 10. The van der Waals surface area contributed by atoms with Gasteiger partial charge in [-0.05, 0) is 0 Å². The smallest absolute Gasteiger partial charge is 0.490 e. The van der Waals surface area contributed by atoms with E-state index in [9.17, 15) is 50.6 Å². The van der Waals surface area contributed by atoms with Crippen molar-refractivity contribution in [3.63, 3.8) is 0 Å². The number of carboxylic acid groups (broad SMARTS) is 3. The Morgan fingerprint density at radius 2 is 1.71 bits per heavy atom. The predicted molar refractivity (Wildman–Crippen MR) is 164 cm³/mol. The molecule has 284 valence electrons. The van der Waals surface area contributed by atoms with E-state index in [1.54, 1.807) is 12.4 Å². The van der Waals surface area contributed by atoms with E-state index in [0.717, 1.165) is 11.3 Å². The number of carbonyl (C=O) groups is 6. The molecule has 0 unspecified atom stereocenters. The number of β-lactam (4-membered cyclic amide) rings is 1. The molecule has 2 atom stereocenters. The molecular weight excluding hydrogens is 784 g/mol. The molecular formula is C26H24ClF6N7O10S2. The molecule has 0 spiro atoms. The Labute approximate surface area is 300 Å². The summed E-state index contributed by atoms with van der Waals surface area (Å²) in [4.78, 5) is 77.9. The number of nitrogens with two attached hydrogens (primary N) is 1. The number of hydrogen-bond acceptors (Lipinski definition) is 13. The van der Waals surface area contributed by atoms with Crippen molar-refractivity contribution in [1.29, 1.82) is 0 Å². The molecule has 4 heterocycles. The number of fused-ring (bicyclic) bond motifs is 1. The van der Waals surface area contributed by atoms with Crippen LogP contribution in [0.25, 0.3) is 0 Å². The fourth-order valence-electron chi connectivity index (χ4n) is 3.87. The lowest BCUT2D eigenvalue weighted by Gasteiger charge is -2.49. The molecule has 17 nitrogen and oxygen atoms in total. The molecule has 26 heteroatoms. The molecule has 1 saturated heterocycles. The lowest BCUT2D eigenvalue weighted by molar-refractivity contribution is -0.689. The monoisotopic (exact) mass is 807 g/mol. The van der Waals surface area contributed by atoms with E-state index in [1.165, 1.54) is 23.8 Å². The van der Waals surface area contributed by atoms with E-state index in [1.807, 2.05) is 22.8 Å². The Morgan fingerprint density at radius 1 is 1.13 bits per heavy atom. The van der Waals surface area contributed by atoms with Gasteiger partial charge in [0.25, 0.3) is 11.8 Å². The van der Waals surface area contributed by atoms with Gasteiger partial charge in [-0.25, -0.2) is 19.1 Å². The minimum Gasteiger partial charge on any atom is -0.542 e. The van der Waals surface area contributed by atoms with Crippen LogP contribution in [0, 0.1) is 0 Å². The van der Waals surface area contributed by atoms with Crippen molar-refractivity contribution in [1.82, 2.24) is 15.2 Å². The number of thioether (sulfide) groups is 1. The molecule has 0 aliphatic carbocycles. The van der Waals surface area contributed by atoms with Crippen LogP contribution >= 0.6 is 34.7 Å². The van der Waals surface area contributed by atoms with Gasteiger partial charge in [0.2, 0.25) is 5.91 Å². The first-order valence-corrected chi connectivity index (χ1v) is 15.9. The maximum Gasteiger partial charge on any atom is 0.490 e. The third-order valence-electron chi connectivity index (χ3n) is 5.99. The van der Waals surface area contributed by atoms with Crippen LogP contribution in [0.1, 0.15) is 12.1 Å². The Balaban J connectivity index is 0.000000564. The summed E-state index contributed by atoms with van der Waals surface area (Å²) < 4.78 is 65.2. The third-order valence-corrected chi connectivity index (χ3v) is 8.50. The van der Waals surface area contributed by atoms with E-state index in [-0.39, 0.29) is 45.4 Å². The number of thiazole rings is 1. The fraction of sp³-hybridized carbons (Fsp3) is 0.346. The number of oxime groups is 1. The molecule has 4 rings (SSSR count). The van der Waals surface area contributed by atoms with E-state index in [4.69, 9.17) is 42.0 Å². The number of nitrogens with one attached hydrogen (secondary N) is 2. The summed E-state index contributed by atoms with van der Waals surface area (Å²) in [5.41, 5.74) is 5.50. The summed E-state index contributed by atoms with van der Waals surface area (Å²) in [6.45, 7) is 0.452. The van der Waals surface area contributed by atoms with E-state index in [2.05, 4.69) is 20.8 Å². The van der Waals surface area contributed by atoms with Gasteiger partial charge in [0, 0.05) is 36.4 Å². The molecule has 6 N–H and O–H groups in total. The van der Waals surface area contributed by atoms with Crippen molar-refractivity contribution in [3.05, 3.63) is 51.9 Å². The number of aromatic nitrogens is 2. The molecule has 2 aliphatic heterocycles. The number of hydrogen-bond donors (Lipinski definition) is 5. The number of nitrogens with zero attached hydrogens (tertiary/aromatic N) is 4. The number of aliphatic carboxylic acids is 3. The van der Waals surface area contributed by atoms with Gasteiger partial charge in [0.05, 0.1) is 0 Å². The second-order valence-corrected chi connectivity index (χ2v) is 12.3. The third kappa shape index (κ3) is 11.8. The minimum absolute atomic E-state index is 0.0488. The number of alkyl halides is 6. The van der Waals surface area contributed by atoms with E-state index in [0.29, 0.717) is 17.9 Å². The zero-order valence-electron chi connectivity index (χ0n) is 25.9. The first-order chi connectivity index (χ1) is 24.1. The lowest BCUT2D eigenvalue weighted by atomic mass is 10.0. The fourth-order valence-corrected chi connectivity index (χ4v) is 6.27. The molecule has 0 radical (unpaired) electrons. The van der Waals surface area contributed by atoms with Gasteiger partial charge in [-0.15, -0.1) is 11.8 Å². The van der Waals surface area contributed by atoms with Gasteiger partial charge in [0.1, 0.15) is 40.2 Å². The molecule has 2 aliphatic rings. The summed E-state index contributed by atoms with van der Waals surface area (Å²) in [6.07, 6.45) is -6.59. The van der Waals surface area contributed by atoms with Crippen LogP contribution in [-0.2, 0) is 40.1 Å². The molecule has 2 aromatic rings. The Kier molecular flexibility index (Phi) is 15.3. The predicted octanol–water partition coefficient (Wildman–Crippen LogP) is 0.0925. The summed E-state index contributed by atoms with van der Waals surface area (Å²) in [5, 5.41) is 34.1. The van der Waals surface area contributed by atoms with Gasteiger partial charge in [0.15, 0.2) is 29.8 Å². The highest BCUT2D eigenvalue weighted by molar-refractivity contribution is 8.00. The highest BCUT2D eigenvalue weighted by Crippen LogP contribution is 2.40. The number of carbonyl (C=O) groups excluding carboxylic acids is 4. The second kappa shape index (κ2) is 18.5. The lowest BCUT2D eigenvalue weighted by Crippen LogP contribution is -2.71. The van der Waals surface area contributed by atoms with Crippen molar-refractivity contribution in [2.24, 2.45) is 10.9 Å². The molecule has 3 amide bonds. The summed E-state index contributed by atoms with van der Waals surface area (Å²) >= 11 is 8.51. The standard InChI is InChI=1S/C22H22ClN7O6S2.2C2HF3O2/c1-36-28-14(13-17(23)38-22(27-13)25-12(31)5-6-24)18(32)26-15-19(33)30-16(21(34)35)11(10-37-20(15)30)9-29-7-3-2-4-8-29;2*3-2(4,5)1(6)7/h2-4,7-8,15,20H,5-6,9-10,24H2,1H3,(H2-,25,26,27,31,32,34,35);2*(H,6,7)/b28-14-;;/t15-,20-;;/m1../s1. The summed E-state index contributed by atoms with van der Waals surface area (Å²) in [5.74, 6) is -8.38. The average Bonchev–Trinajstić information content (AvgIpc) is 3.40. The Hall–Kier alpha value is -5.01. The number of carboxylic acids is 3. The van der Waals surface area contributed by atoms with Crippen molar-refractivity contribution < 1.29 is 79.8 Å². The molecule has 1 fully saturated rings. The quantitative estimate of drug-likeness (QED) is 0.0703. The molecule has 0 aromatic carbocycles. The van der Waals surface area contributed by atoms with Crippen LogP contribution < -0.4 is 26.0 Å². The van der Waals surface area contributed by atoms with Crippen molar-refractivity contribution >= 4 is 81.2 Å². The van der Waals surface area contributed by atoms with Crippen LogP contribution in [0.3, 0.4) is 0 Å². The van der Waals surface area contributed by atoms with Crippen molar-refractivity contribution in [3.8, 4) is 0 Å². The Morgan fingerprint density at radius 3 is 2.19 bits per heavy atom. The maximum atomic E-state index is 13.1. The number of halogens is 7. The van der Waals surface area contributed by atoms with Crippen molar-refractivity contribution in [2.75, 3.05) is 24.7 Å².